The molecule has 0 bridgehead atoms. The molecular weight excluding hydrogens is 399 g/mol. The van der Waals surface area contributed by atoms with Gasteiger partial charge >= 0.3 is 0 Å². The van der Waals surface area contributed by atoms with E-state index in [1.165, 1.54) is 19.2 Å². The Kier molecular flexibility index (Phi) is 6.19. The molecule has 2 amide bonds. The summed E-state index contributed by atoms with van der Waals surface area (Å²) in [5, 5.41) is 6.03. The smallest absolute Gasteiger partial charge is 0.255 e. The highest BCUT2D eigenvalue weighted by Crippen LogP contribution is 2.34. The van der Waals surface area contributed by atoms with Gasteiger partial charge < -0.3 is 15.4 Å². The highest BCUT2D eigenvalue weighted by molar-refractivity contribution is 6.37. The lowest BCUT2D eigenvalue weighted by Crippen LogP contribution is -2.14. The predicted molar refractivity (Wildman–Crippen MR) is 112 cm³/mol. The summed E-state index contributed by atoms with van der Waals surface area (Å²) < 4.78 is 5.08. The first-order valence-corrected chi connectivity index (χ1v) is 9.04. The van der Waals surface area contributed by atoms with E-state index in [9.17, 15) is 9.59 Å². The molecule has 0 radical (unpaired) electrons. The summed E-state index contributed by atoms with van der Waals surface area (Å²) in [6.45, 7) is 0. The van der Waals surface area contributed by atoms with Crippen molar-refractivity contribution in [1.29, 1.82) is 0 Å². The minimum absolute atomic E-state index is 0.238. The van der Waals surface area contributed by atoms with Gasteiger partial charge in [-0.1, -0.05) is 47.5 Å². The van der Waals surface area contributed by atoms with Crippen LogP contribution in [0.15, 0.2) is 66.7 Å². The number of nitrogens with one attached hydrogen (secondary N) is 2. The molecular formula is C21H16Cl2N2O3. The number of carbonyl (C=O) groups is 2. The van der Waals surface area contributed by atoms with Gasteiger partial charge in [0.1, 0.15) is 0 Å². The average molecular weight is 415 g/mol. The van der Waals surface area contributed by atoms with Crippen molar-refractivity contribution >= 4 is 46.4 Å². The molecule has 0 aliphatic rings. The maximum absolute atomic E-state index is 12.5. The number of ether oxygens (including phenoxy) is 1. The van der Waals surface area contributed by atoms with Crippen LogP contribution in [0.25, 0.3) is 0 Å². The van der Waals surface area contributed by atoms with Gasteiger partial charge in [-0.3, -0.25) is 9.59 Å². The van der Waals surface area contributed by atoms with Crippen LogP contribution in [0.2, 0.25) is 10.0 Å². The number of hydrogen-bond acceptors (Lipinski definition) is 3. The van der Waals surface area contributed by atoms with Crippen molar-refractivity contribution in [2.75, 3.05) is 17.7 Å². The first-order chi connectivity index (χ1) is 13.5. The standard InChI is InChI=1S/C21H16Cl2N2O3/c1-28-19-17(22)10-14(11-18(19)23)21(27)25-16-9-5-8-15(12-16)24-20(26)13-6-3-2-4-7-13/h2-12H,1H3,(H,24,26)(H,25,27). The zero-order chi connectivity index (χ0) is 20.1. The van der Waals surface area contributed by atoms with Crippen LogP contribution in [-0.2, 0) is 0 Å². The zero-order valence-electron chi connectivity index (χ0n) is 14.8. The Bertz CT molecular complexity index is 1000. The quantitative estimate of drug-likeness (QED) is 0.578. The molecule has 0 saturated heterocycles. The van der Waals surface area contributed by atoms with Crippen molar-refractivity contribution in [2.45, 2.75) is 0 Å². The Morgan fingerprint density at radius 3 is 1.82 bits per heavy atom. The molecule has 5 nitrogen and oxygen atoms in total. The summed E-state index contributed by atoms with van der Waals surface area (Å²) in [6.07, 6.45) is 0. The summed E-state index contributed by atoms with van der Waals surface area (Å²) in [4.78, 5) is 24.8. The second-order valence-electron chi connectivity index (χ2n) is 5.83. The first kappa shape index (κ1) is 19.7. The van der Waals surface area contributed by atoms with Crippen molar-refractivity contribution < 1.29 is 14.3 Å². The molecule has 28 heavy (non-hydrogen) atoms. The Morgan fingerprint density at radius 2 is 1.29 bits per heavy atom. The lowest BCUT2D eigenvalue weighted by molar-refractivity contribution is 0.101. The number of halogens is 2. The number of methoxy groups -OCH3 is 1. The van der Waals surface area contributed by atoms with Gasteiger partial charge in [0.15, 0.2) is 5.75 Å². The van der Waals surface area contributed by atoms with E-state index in [-0.39, 0.29) is 21.5 Å². The van der Waals surface area contributed by atoms with Crippen LogP contribution in [0.5, 0.6) is 5.75 Å². The van der Waals surface area contributed by atoms with E-state index >= 15 is 0 Å². The van der Waals surface area contributed by atoms with Gasteiger partial charge in [0.25, 0.3) is 11.8 Å². The number of benzene rings is 3. The van der Waals surface area contributed by atoms with Gasteiger partial charge in [-0.25, -0.2) is 0 Å². The summed E-state index contributed by atoms with van der Waals surface area (Å²) in [5.41, 5.74) is 1.89. The van der Waals surface area contributed by atoms with E-state index in [1.54, 1.807) is 48.5 Å². The Hall–Kier alpha value is -3.02. The summed E-state index contributed by atoms with van der Waals surface area (Å²) in [6, 6.07) is 18.6. The van der Waals surface area contributed by atoms with E-state index in [0.717, 1.165) is 0 Å². The normalized spacial score (nSPS) is 10.2. The molecule has 0 spiro atoms. The molecule has 0 aliphatic heterocycles. The molecule has 142 valence electrons. The molecule has 3 rings (SSSR count). The minimum Gasteiger partial charge on any atom is -0.494 e. The van der Waals surface area contributed by atoms with Gasteiger partial charge in [0.2, 0.25) is 0 Å². The van der Waals surface area contributed by atoms with Crippen LogP contribution in [0.1, 0.15) is 20.7 Å². The third-order valence-electron chi connectivity index (χ3n) is 3.88. The second kappa shape index (κ2) is 8.78. The van der Waals surface area contributed by atoms with Crippen LogP contribution in [-0.4, -0.2) is 18.9 Å². The monoisotopic (exact) mass is 414 g/mol. The number of hydrogen-bond donors (Lipinski definition) is 2. The van der Waals surface area contributed by atoms with Crippen LogP contribution >= 0.6 is 23.2 Å². The number of amides is 2. The molecule has 0 heterocycles. The Balaban J connectivity index is 1.74. The first-order valence-electron chi connectivity index (χ1n) is 8.29. The van der Waals surface area contributed by atoms with Crippen molar-refractivity contribution in [1.82, 2.24) is 0 Å². The van der Waals surface area contributed by atoms with E-state index in [0.29, 0.717) is 22.7 Å². The molecule has 3 aromatic carbocycles. The fourth-order valence-electron chi connectivity index (χ4n) is 2.56. The third kappa shape index (κ3) is 4.63. The number of carbonyl (C=O) groups excluding carboxylic acids is 2. The predicted octanol–water partition coefficient (Wildman–Crippen LogP) is 5.51. The summed E-state index contributed by atoms with van der Waals surface area (Å²) in [7, 11) is 1.45. The average Bonchev–Trinajstić information content (AvgIpc) is 2.68. The topological polar surface area (TPSA) is 67.4 Å². The lowest BCUT2D eigenvalue weighted by atomic mass is 10.2. The summed E-state index contributed by atoms with van der Waals surface area (Å²) >= 11 is 12.2. The molecule has 0 atom stereocenters. The fourth-order valence-corrected chi connectivity index (χ4v) is 3.20. The van der Waals surface area contributed by atoms with Gasteiger partial charge in [-0.2, -0.15) is 0 Å². The van der Waals surface area contributed by atoms with E-state index in [4.69, 9.17) is 27.9 Å². The third-order valence-corrected chi connectivity index (χ3v) is 4.44. The highest BCUT2D eigenvalue weighted by Gasteiger charge is 2.14. The van der Waals surface area contributed by atoms with Gasteiger partial charge in [-0.15, -0.1) is 0 Å². The van der Waals surface area contributed by atoms with Crippen molar-refractivity contribution in [3.8, 4) is 5.75 Å². The maximum atomic E-state index is 12.5. The molecule has 3 aromatic rings. The van der Waals surface area contributed by atoms with E-state index in [1.807, 2.05) is 6.07 Å². The molecule has 0 aliphatic carbocycles. The van der Waals surface area contributed by atoms with E-state index in [2.05, 4.69) is 10.6 Å². The van der Waals surface area contributed by atoms with Crippen LogP contribution in [0.4, 0.5) is 11.4 Å². The summed E-state index contributed by atoms with van der Waals surface area (Å²) in [5.74, 6) is -0.318. The largest absolute Gasteiger partial charge is 0.494 e. The minimum atomic E-state index is -0.391. The Morgan fingerprint density at radius 1 is 0.750 bits per heavy atom. The van der Waals surface area contributed by atoms with Crippen LogP contribution in [0, 0.1) is 0 Å². The number of rotatable bonds is 5. The van der Waals surface area contributed by atoms with Crippen molar-refractivity contribution in [2.24, 2.45) is 0 Å². The molecule has 2 N–H and O–H groups in total. The Labute approximate surface area is 172 Å². The molecule has 0 aromatic heterocycles. The highest BCUT2D eigenvalue weighted by atomic mass is 35.5. The number of anilines is 2. The maximum Gasteiger partial charge on any atom is 0.255 e. The van der Waals surface area contributed by atoms with Crippen LogP contribution < -0.4 is 15.4 Å². The van der Waals surface area contributed by atoms with Gasteiger partial charge in [0, 0.05) is 22.5 Å². The lowest BCUT2D eigenvalue weighted by Gasteiger charge is -2.11. The van der Waals surface area contributed by atoms with Crippen molar-refractivity contribution in [3.05, 3.63) is 87.9 Å². The molecule has 0 unspecified atom stereocenters. The second-order valence-corrected chi connectivity index (χ2v) is 6.64. The molecule has 0 fully saturated rings. The van der Waals surface area contributed by atoms with Crippen molar-refractivity contribution in [3.63, 3.8) is 0 Å². The zero-order valence-corrected chi connectivity index (χ0v) is 16.3. The van der Waals surface area contributed by atoms with Gasteiger partial charge in [0.05, 0.1) is 17.2 Å². The molecule has 0 saturated carbocycles. The van der Waals surface area contributed by atoms with Gasteiger partial charge in [-0.05, 0) is 42.5 Å². The van der Waals surface area contributed by atoms with Crippen LogP contribution in [0.3, 0.4) is 0 Å². The van der Waals surface area contributed by atoms with E-state index < -0.39 is 5.91 Å². The fraction of sp³-hybridized carbons (Fsp3) is 0.0476. The molecule has 7 heteroatoms. The SMILES string of the molecule is COc1c(Cl)cc(C(=O)Nc2cccc(NC(=O)c3ccccc3)c2)cc1Cl.